The molecule has 0 saturated carbocycles. The number of anilines is 1. The molecule has 8 heteroatoms. The van der Waals surface area contributed by atoms with Crippen LogP contribution in [0, 0.1) is 0 Å². The van der Waals surface area contributed by atoms with E-state index < -0.39 is 11.7 Å². The number of halogens is 1. The molecule has 20 heavy (non-hydrogen) atoms. The minimum Gasteiger partial charge on any atom is -0.405 e. The van der Waals surface area contributed by atoms with Crippen molar-refractivity contribution in [2.75, 3.05) is 5.73 Å². The van der Waals surface area contributed by atoms with Gasteiger partial charge in [0.2, 0.25) is 0 Å². The van der Waals surface area contributed by atoms with E-state index in [2.05, 4.69) is 25.9 Å². The second-order valence-corrected chi connectivity index (χ2v) is 4.74. The molecule has 0 fully saturated rings. The summed E-state index contributed by atoms with van der Waals surface area (Å²) >= 11 is 3.12. The minimum absolute atomic E-state index is 0.0282. The van der Waals surface area contributed by atoms with E-state index in [-0.39, 0.29) is 17.0 Å². The van der Waals surface area contributed by atoms with Gasteiger partial charge in [-0.1, -0.05) is 6.07 Å². The summed E-state index contributed by atoms with van der Waals surface area (Å²) in [6.07, 6.45) is 2.64. The van der Waals surface area contributed by atoms with Crippen LogP contribution in [0.25, 0.3) is 11.1 Å². The normalized spacial score (nSPS) is 10.8. The van der Waals surface area contributed by atoms with Crippen molar-refractivity contribution in [3.8, 4) is 0 Å². The summed E-state index contributed by atoms with van der Waals surface area (Å²) < 4.78 is 6.37. The Kier molecular flexibility index (Phi) is 2.87. The third-order valence-electron chi connectivity index (χ3n) is 2.68. The van der Waals surface area contributed by atoms with Gasteiger partial charge in [-0.25, -0.2) is 19.3 Å². The van der Waals surface area contributed by atoms with Crippen LogP contribution >= 0.6 is 15.9 Å². The van der Waals surface area contributed by atoms with E-state index in [0.717, 1.165) is 4.57 Å². The molecule has 1 aromatic carbocycles. The topological polar surface area (TPSA) is 104 Å². The lowest BCUT2D eigenvalue weighted by Gasteiger charge is -2.00. The molecule has 3 rings (SSSR count). The first-order valence-corrected chi connectivity index (χ1v) is 6.29. The maximum atomic E-state index is 12.3. The van der Waals surface area contributed by atoms with Gasteiger partial charge in [-0.05, 0) is 28.1 Å². The number of carbonyl (C=O) groups excluding carboxylic acids is 1. The standard InChI is InChI=1S/C12H7BrN4O3/c13-9-5-15-7(4-16-9)11(18)17-8-3-1-2-6(14)10(8)20-12(17)19/h1-5H,14H2. The Labute approximate surface area is 120 Å². The molecule has 0 spiro atoms. The van der Waals surface area contributed by atoms with Crippen molar-refractivity contribution in [1.82, 2.24) is 14.5 Å². The first-order valence-electron chi connectivity index (χ1n) is 5.50. The molecule has 7 nitrogen and oxygen atoms in total. The molecular formula is C12H7BrN4O3. The van der Waals surface area contributed by atoms with E-state index in [1.165, 1.54) is 12.4 Å². The zero-order valence-corrected chi connectivity index (χ0v) is 11.5. The highest BCUT2D eigenvalue weighted by Crippen LogP contribution is 2.20. The molecule has 0 bridgehead atoms. The first-order chi connectivity index (χ1) is 9.58. The number of aromatic nitrogens is 3. The van der Waals surface area contributed by atoms with Crippen LogP contribution < -0.4 is 11.5 Å². The highest BCUT2D eigenvalue weighted by molar-refractivity contribution is 9.10. The largest absolute Gasteiger partial charge is 0.427 e. The summed E-state index contributed by atoms with van der Waals surface area (Å²) in [5.74, 6) is -1.44. The van der Waals surface area contributed by atoms with Crippen molar-refractivity contribution >= 4 is 38.6 Å². The average Bonchev–Trinajstić information content (AvgIpc) is 2.77. The number of para-hydroxylation sites is 1. The number of nitrogens with two attached hydrogens (primary N) is 1. The van der Waals surface area contributed by atoms with E-state index >= 15 is 0 Å². The van der Waals surface area contributed by atoms with Gasteiger partial charge in [-0.2, -0.15) is 0 Å². The van der Waals surface area contributed by atoms with Crippen LogP contribution in [-0.2, 0) is 0 Å². The smallest absolute Gasteiger partial charge is 0.405 e. The predicted molar refractivity (Wildman–Crippen MR) is 74.3 cm³/mol. The van der Waals surface area contributed by atoms with Crippen LogP contribution in [0.2, 0.25) is 0 Å². The van der Waals surface area contributed by atoms with Crippen molar-refractivity contribution in [1.29, 1.82) is 0 Å². The molecule has 0 saturated heterocycles. The minimum atomic E-state index is -0.812. The number of oxazole rings is 1. The molecule has 3 aromatic rings. The maximum Gasteiger partial charge on any atom is 0.427 e. The van der Waals surface area contributed by atoms with Gasteiger partial charge in [0.1, 0.15) is 15.8 Å². The van der Waals surface area contributed by atoms with Gasteiger partial charge in [0.05, 0.1) is 18.1 Å². The quantitative estimate of drug-likeness (QED) is 0.675. The lowest BCUT2D eigenvalue weighted by Crippen LogP contribution is -2.24. The Morgan fingerprint density at radius 1 is 1.30 bits per heavy atom. The molecule has 0 atom stereocenters. The Morgan fingerprint density at radius 3 is 2.80 bits per heavy atom. The Bertz CT molecular complexity index is 867. The average molecular weight is 335 g/mol. The molecule has 100 valence electrons. The van der Waals surface area contributed by atoms with E-state index in [9.17, 15) is 9.59 Å². The van der Waals surface area contributed by atoms with Crippen molar-refractivity contribution in [2.45, 2.75) is 0 Å². The fourth-order valence-corrected chi connectivity index (χ4v) is 2.00. The summed E-state index contributed by atoms with van der Waals surface area (Å²) in [5.41, 5.74) is 6.49. The summed E-state index contributed by atoms with van der Waals surface area (Å²) in [6, 6.07) is 4.78. The molecule has 0 aliphatic rings. The summed E-state index contributed by atoms with van der Waals surface area (Å²) in [7, 11) is 0. The number of carbonyl (C=O) groups is 1. The van der Waals surface area contributed by atoms with Crippen LogP contribution in [0.5, 0.6) is 0 Å². The third-order valence-corrected chi connectivity index (χ3v) is 3.09. The number of fused-ring (bicyclic) bond motifs is 1. The second kappa shape index (κ2) is 4.57. The molecule has 0 unspecified atom stereocenters. The summed E-state index contributed by atoms with van der Waals surface area (Å²) in [5, 5.41) is 0. The van der Waals surface area contributed by atoms with Gasteiger partial charge >= 0.3 is 5.76 Å². The first kappa shape index (κ1) is 12.5. The molecule has 0 aliphatic heterocycles. The third kappa shape index (κ3) is 1.90. The fraction of sp³-hybridized carbons (Fsp3) is 0. The molecule has 0 radical (unpaired) electrons. The monoisotopic (exact) mass is 334 g/mol. The lowest BCUT2D eigenvalue weighted by molar-refractivity contribution is 0.0951. The maximum absolute atomic E-state index is 12.3. The molecular weight excluding hydrogens is 328 g/mol. The van der Waals surface area contributed by atoms with Gasteiger partial charge in [0.25, 0.3) is 5.91 Å². The van der Waals surface area contributed by atoms with Crippen LogP contribution in [0.3, 0.4) is 0 Å². The van der Waals surface area contributed by atoms with E-state index in [4.69, 9.17) is 10.2 Å². The van der Waals surface area contributed by atoms with Crippen molar-refractivity contribution in [3.05, 3.63) is 51.4 Å². The van der Waals surface area contributed by atoms with E-state index in [1.807, 2.05) is 0 Å². The fourth-order valence-electron chi connectivity index (χ4n) is 1.79. The van der Waals surface area contributed by atoms with Gasteiger partial charge in [-0.15, -0.1) is 0 Å². The second-order valence-electron chi connectivity index (χ2n) is 3.93. The van der Waals surface area contributed by atoms with Crippen molar-refractivity contribution in [2.24, 2.45) is 0 Å². The number of nitrogen functional groups attached to an aromatic ring is 1. The summed E-state index contributed by atoms with van der Waals surface area (Å²) in [6.45, 7) is 0. The number of hydrogen-bond donors (Lipinski definition) is 1. The highest BCUT2D eigenvalue weighted by Gasteiger charge is 2.20. The van der Waals surface area contributed by atoms with Crippen LogP contribution in [0.1, 0.15) is 10.5 Å². The molecule has 0 aliphatic carbocycles. The number of rotatable bonds is 1. The van der Waals surface area contributed by atoms with Gasteiger partial charge in [-0.3, -0.25) is 4.79 Å². The highest BCUT2D eigenvalue weighted by atomic mass is 79.9. The number of benzene rings is 1. The molecule has 2 N–H and O–H groups in total. The van der Waals surface area contributed by atoms with E-state index in [0.29, 0.717) is 10.1 Å². The molecule has 2 aromatic heterocycles. The van der Waals surface area contributed by atoms with Crippen LogP contribution in [0.15, 0.2) is 44.4 Å². The summed E-state index contributed by atoms with van der Waals surface area (Å²) in [4.78, 5) is 32.0. The van der Waals surface area contributed by atoms with Crippen LogP contribution in [0.4, 0.5) is 5.69 Å². The molecule has 0 amide bonds. The van der Waals surface area contributed by atoms with Gasteiger partial charge < -0.3 is 10.2 Å². The van der Waals surface area contributed by atoms with Crippen LogP contribution in [-0.4, -0.2) is 20.4 Å². The SMILES string of the molecule is Nc1cccc2c1oc(=O)n2C(=O)c1cnc(Br)cn1. The lowest BCUT2D eigenvalue weighted by atomic mass is 10.3. The number of hydrogen-bond acceptors (Lipinski definition) is 6. The molecule has 2 heterocycles. The number of nitrogens with zero attached hydrogens (tertiary/aromatic N) is 3. The van der Waals surface area contributed by atoms with E-state index in [1.54, 1.807) is 18.2 Å². The van der Waals surface area contributed by atoms with Gasteiger partial charge in [0.15, 0.2) is 5.58 Å². The Hall–Kier alpha value is -2.48. The Balaban J connectivity index is 2.22. The van der Waals surface area contributed by atoms with Crippen molar-refractivity contribution in [3.63, 3.8) is 0 Å². The van der Waals surface area contributed by atoms with Crippen molar-refractivity contribution < 1.29 is 9.21 Å². The predicted octanol–water partition coefficient (Wildman–Crippen LogP) is 1.42. The van der Waals surface area contributed by atoms with Gasteiger partial charge in [0, 0.05) is 0 Å². The zero-order chi connectivity index (χ0) is 14.3. The Morgan fingerprint density at radius 2 is 2.10 bits per heavy atom. The zero-order valence-electron chi connectivity index (χ0n) is 9.91.